The summed E-state index contributed by atoms with van der Waals surface area (Å²) in [5, 5.41) is 6.56. The second-order valence-electron chi connectivity index (χ2n) is 5.59. The molecule has 0 saturated heterocycles. The SMILES string of the molecule is COc1ccc(CNC(=O)CO/N=C\c2cc(OC)c(OC)c(OC)c2)cc1. The number of amides is 1. The standard InChI is InChI=1S/C20H24N2O6/c1-24-16-7-5-14(6-8-16)11-21-19(23)13-28-22-12-15-9-17(25-2)20(27-4)18(10-15)26-3/h5-10,12H,11,13H2,1-4H3,(H,21,23)/b22-12-. The third kappa shape index (κ3) is 5.80. The van der Waals surface area contributed by atoms with Gasteiger partial charge in [-0.2, -0.15) is 0 Å². The summed E-state index contributed by atoms with van der Waals surface area (Å²) in [5.74, 6) is 1.97. The Hall–Kier alpha value is -3.42. The molecule has 0 saturated carbocycles. The molecule has 0 heterocycles. The Bertz CT molecular complexity index is 780. The minimum atomic E-state index is -0.280. The smallest absolute Gasteiger partial charge is 0.261 e. The number of nitrogens with one attached hydrogen (secondary N) is 1. The Morgan fingerprint density at radius 1 is 0.964 bits per heavy atom. The first kappa shape index (κ1) is 20.9. The number of oxime groups is 1. The van der Waals surface area contributed by atoms with E-state index >= 15 is 0 Å². The Labute approximate surface area is 164 Å². The number of ether oxygens (including phenoxy) is 4. The van der Waals surface area contributed by atoms with Gasteiger partial charge in [0.25, 0.3) is 5.91 Å². The molecule has 0 fully saturated rings. The summed E-state index contributed by atoms with van der Waals surface area (Å²) in [4.78, 5) is 16.9. The molecule has 0 unspecified atom stereocenters. The highest BCUT2D eigenvalue weighted by Gasteiger charge is 2.12. The Morgan fingerprint density at radius 2 is 1.61 bits per heavy atom. The van der Waals surface area contributed by atoms with Gasteiger partial charge in [0.1, 0.15) is 5.75 Å². The molecule has 0 atom stereocenters. The summed E-state index contributed by atoms with van der Waals surface area (Å²) < 4.78 is 20.9. The van der Waals surface area contributed by atoms with Crippen molar-refractivity contribution in [2.45, 2.75) is 6.54 Å². The summed E-state index contributed by atoms with van der Waals surface area (Å²) in [7, 11) is 6.19. The van der Waals surface area contributed by atoms with E-state index in [4.69, 9.17) is 23.8 Å². The van der Waals surface area contributed by atoms with E-state index in [0.717, 1.165) is 11.3 Å². The van der Waals surface area contributed by atoms with Crippen LogP contribution < -0.4 is 24.3 Å². The van der Waals surface area contributed by atoms with Gasteiger partial charge in [0, 0.05) is 12.1 Å². The topological polar surface area (TPSA) is 87.6 Å². The molecule has 2 aromatic rings. The van der Waals surface area contributed by atoms with Gasteiger partial charge in [0.05, 0.1) is 34.7 Å². The lowest BCUT2D eigenvalue weighted by Crippen LogP contribution is -2.26. The molecule has 0 bridgehead atoms. The minimum absolute atomic E-state index is 0.197. The molecule has 0 aliphatic carbocycles. The largest absolute Gasteiger partial charge is 0.497 e. The highest BCUT2D eigenvalue weighted by Crippen LogP contribution is 2.37. The van der Waals surface area contributed by atoms with Crippen LogP contribution in [-0.2, 0) is 16.2 Å². The molecule has 1 N–H and O–H groups in total. The molecule has 0 radical (unpaired) electrons. The third-order valence-electron chi connectivity index (χ3n) is 3.81. The van der Waals surface area contributed by atoms with Crippen LogP contribution in [0.2, 0.25) is 0 Å². The third-order valence-corrected chi connectivity index (χ3v) is 3.81. The van der Waals surface area contributed by atoms with Gasteiger partial charge in [0.15, 0.2) is 18.1 Å². The van der Waals surface area contributed by atoms with E-state index in [9.17, 15) is 4.79 Å². The number of carbonyl (C=O) groups is 1. The van der Waals surface area contributed by atoms with Crippen molar-refractivity contribution in [2.24, 2.45) is 5.16 Å². The van der Waals surface area contributed by atoms with E-state index < -0.39 is 0 Å². The average molecular weight is 388 g/mol. The van der Waals surface area contributed by atoms with E-state index in [0.29, 0.717) is 29.4 Å². The lowest BCUT2D eigenvalue weighted by Gasteiger charge is -2.12. The Kier molecular flexibility index (Phi) is 7.95. The van der Waals surface area contributed by atoms with Gasteiger partial charge in [-0.25, -0.2) is 0 Å². The molecule has 28 heavy (non-hydrogen) atoms. The predicted molar refractivity (Wildman–Crippen MR) is 104 cm³/mol. The highest BCUT2D eigenvalue weighted by atomic mass is 16.6. The van der Waals surface area contributed by atoms with Crippen molar-refractivity contribution >= 4 is 12.1 Å². The molecule has 0 aliphatic heterocycles. The molecule has 0 spiro atoms. The van der Waals surface area contributed by atoms with Crippen LogP contribution in [0.1, 0.15) is 11.1 Å². The van der Waals surface area contributed by atoms with Crippen LogP contribution in [0.15, 0.2) is 41.6 Å². The fraction of sp³-hybridized carbons (Fsp3) is 0.300. The quantitative estimate of drug-likeness (QED) is 0.497. The highest BCUT2D eigenvalue weighted by molar-refractivity contribution is 5.82. The van der Waals surface area contributed by atoms with E-state index in [-0.39, 0.29) is 12.5 Å². The maximum Gasteiger partial charge on any atom is 0.261 e. The van der Waals surface area contributed by atoms with Crippen molar-refractivity contribution < 1.29 is 28.6 Å². The van der Waals surface area contributed by atoms with Crippen molar-refractivity contribution in [1.29, 1.82) is 0 Å². The van der Waals surface area contributed by atoms with Gasteiger partial charge in [-0.15, -0.1) is 0 Å². The van der Waals surface area contributed by atoms with Gasteiger partial charge >= 0.3 is 0 Å². The first-order chi connectivity index (χ1) is 13.6. The van der Waals surface area contributed by atoms with E-state index in [1.165, 1.54) is 27.5 Å². The second-order valence-corrected chi connectivity index (χ2v) is 5.59. The fourth-order valence-electron chi connectivity index (χ4n) is 2.36. The van der Waals surface area contributed by atoms with Crippen LogP contribution in [0.4, 0.5) is 0 Å². The van der Waals surface area contributed by atoms with E-state index in [1.54, 1.807) is 19.2 Å². The lowest BCUT2D eigenvalue weighted by atomic mass is 10.2. The van der Waals surface area contributed by atoms with Crippen LogP contribution in [0.25, 0.3) is 0 Å². The molecule has 0 aliphatic rings. The first-order valence-corrected chi connectivity index (χ1v) is 8.46. The zero-order chi connectivity index (χ0) is 20.4. The molecule has 150 valence electrons. The van der Waals surface area contributed by atoms with Gasteiger partial charge in [-0.1, -0.05) is 17.3 Å². The summed E-state index contributed by atoms with van der Waals surface area (Å²) >= 11 is 0. The lowest BCUT2D eigenvalue weighted by molar-refractivity contribution is -0.125. The molecule has 2 rings (SSSR count). The van der Waals surface area contributed by atoms with Gasteiger partial charge in [0.2, 0.25) is 5.75 Å². The van der Waals surface area contributed by atoms with Crippen molar-refractivity contribution in [2.75, 3.05) is 35.0 Å². The molecular weight excluding hydrogens is 364 g/mol. The van der Waals surface area contributed by atoms with Crippen molar-refractivity contribution in [1.82, 2.24) is 5.32 Å². The molecule has 8 nitrogen and oxygen atoms in total. The summed E-state index contributed by atoms with van der Waals surface area (Å²) in [5.41, 5.74) is 1.63. The number of benzene rings is 2. The van der Waals surface area contributed by atoms with Crippen molar-refractivity contribution in [3.05, 3.63) is 47.5 Å². The molecule has 0 aromatic heterocycles. The Morgan fingerprint density at radius 3 is 2.14 bits per heavy atom. The van der Waals surface area contributed by atoms with Crippen molar-refractivity contribution in [3.8, 4) is 23.0 Å². The molecule has 2 aromatic carbocycles. The van der Waals surface area contributed by atoms with Gasteiger partial charge in [-0.3, -0.25) is 4.79 Å². The minimum Gasteiger partial charge on any atom is -0.497 e. The van der Waals surface area contributed by atoms with E-state index in [2.05, 4.69) is 10.5 Å². The number of hydrogen-bond acceptors (Lipinski definition) is 7. The fourth-order valence-corrected chi connectivity index (χ4v) is 2.36. The summed E-state index contributed by atoms with van der Waals surface area (Å²) in [6, 6.07) is 10.9. The van der Waals surface area contributed by atoms with Gasteiger partial charge < -0.3 is 29.1 Å². The second kappa shape index (κ2) is 10.7. The maximum absolute atomic E-state index is 11.8. The van der Waals surface area contributed by atoms with Crippen LogP contribution in [0, 0.1) is 0 Å². The zero-order valence-electron chi connectivity index (χ0n) is 16.4. The molecule has 1 amide bonds. The Balaban J connectivity index is 1.84. The summed E-state index contributed by atoms with van der Waals surface area (Å²) in [6.45, 7) is 0.194. The average Bonchev–Trinajstić information content (AvgIpc) is 2.74. The number of hydrogen-bond donors (Lipinski definition) is 1. The predicted octanol–water partition coefficient (Wildman–Crippen LogP) is 2.39. The number of nitrogens with zero attached hydrogens (tertiary/aromatic N) is 1. The van der Waals surface area contributed by atoms with Crippen LogP contribution in [-0.4, -0.2) is 47.2 Å². The number of methoxy groups -OCH3 is 4. The molecular formula is C20H24N2O6. The van der Waals surface area contributed by atoms with E-state index in [1.807, 2.05) is 24.3 Å². The van der Waals surface area contributed by atoms with Crippen LogP contribution in [0.3, 0.4) is 0 Å². The van der Waals surface area contributed by atoms with Crippen LogP contribution in [0.5, 0.6) is 23.0 Å². The van der Waals surface area contributed by atoms with Crippen molar-refractivity contribution in [3.63, 3.8) is 0 Å². The number of carbonyl (C=O) groups excluding carboxylic acids is 1. The first-order valence-electron chi connectivity index (χ1n) is 8.46. The maximum atomic E-state index is 11.8. The summed E-state index contributed by atoms with van der Waals surface area (Å²) in [6.07, 6.45) is 1.46. The molecule has 8 heteroatoms. The zero-order valence-corrected chi connectivity index (χ0v) is 16.4. The monoisotopic (exact) mass is 388 g/mol. The normalized spacial score (nSPS) is 10.4. The van der Waals surface area contributed by atoms with Crippen LogP contribution >= 0.6 is 0 Å². The number of rotatable bonds is 10. The van der Waals surface area contributed by atoms with Gasteiger partial charge in [-0.05, 0) is 29.8 Å².